The molecule has 0 fully saturated rings. The van der Waals surface area contributed by atoms with Crippen molar-refractivity contribution in [2.24, 2.45) is 0 Å². The highest BCUT2D eigenvalue weighted by atomic mass is 32.1. The first-order valence-corrected chi connectivity index (χ1v) is 13.9. The molecular weight excluding hydrogens is 494 g/mol. The third-order valence-electron chi connectivity index (χ3n) is 7.47. The summed E-state index contributed by atoms with van der Waals surface area (Å²) < 4.78 is 9.12. The highest BCUT2D eigenvalue weighted by Crippen LogP contribution is 2.51. The molecule has 7 aromatic rings. The lowest BCUT2D eigenvalue weighted by atomic mass is 10.0. The number of nitrogens with zero attached hydrogens (tertiary/aromatic N) is 1. The first kappa shape index (κ1) is 22.2. The largest absolute Gasteiger partial charge is 0.453 e. The van der Waals surface area contributed by atoms with Gasteiger partial charge in [-0.05, 0) is 76.9 Å². The molecule has 2 heterocycles. The van der Waals surface area contributed by atoms with Crippen LogP contribution in [-0.2, 0) is 0 Å². The van der Waals surface area contributed by atoms with E-state index in [-0.39, 0.29) is 0 Å². The lowest BCUT2D eigenvalue weighted by Gasteiger charge is -2.33. The van der Waals surface area contributed by atoms with Crippen molar-refractivity contribution in [1.82, 2.24) is 0 Å². The average Bonchev–Trinajstić information content (AvgIpc) is 3.38. The maximum Gasteiger partial charge on any atom is 0.152 e. The predicted molar refractivity (Wildman–Crippen MR) is 165 cm³/mol. The summed E-state index contributed by atoms with van der Waals surface area (Å²) in [5, 5.41) is 2.62. The van der Waals surface area contributed by atoms with Crippen molar-refractivity contribution in [2.75, 3.05) is 4.90 Å². The van der Waals surface area contributed by atoms with E-state index in [9.17, 15) is 0 Å². The molecule has 0 radical (unpaired) electrons. The van der Waals surface area contributed by atoms with Crippen molar-refractivity contribution in [1.29, 1.82) is 0 Å². The van der Waals surface area contributed by atoms with Crippen molar-refractivity contribution >= 4 is 48.6 Å². The number of hydrogen-bond acceptors (Lipinski definition) is 3. The minimum absolute atomic E-state index is 0.855. The first-order chi connectivity index (χ1) is 19.3. The van der Waals surface area contributed by atoms with Crippen molar-refractivity contribution in [2.45, 2.75) is 0 Å². The maximum absolute atomic E-state index is 6.49. The van der Waals surface area contributed by atoms with Crippen LogP contribution in [0.3, 0.4) is 0 Å². The quantitative estimate of drug-likeness (QED) is 0.231. The predicted octanol–water partition coefficient (Wildman–Crippen LogP) is 11.0. The standard InChI is InChI=1S/C36H23NOS/c1-2-8-24(9-3-1)25-14-18-28(19-15-25)37-31-11-5-6-12-33(31)38-34-23-27(16-20-32(34)37)26-17-21-36-30(22-26)29-10-4-7-13-35(29)39-36/h1-23H. The Kier molecular flexibility index (Phi) is 5.04. The fraction of sp³-hybridized carbons (Fsp3) is 0. The second-order valence-corrected chi connectivity index (χ2v) is 10.9. The van der Waals surface area contributed by atoms with Crippen molar-refractivity contribution in [3.63, 3.8) is 0 Å². The maximum atomic E-state index is 6.49. The summed E-state index contributed by atoms with van der Waals surface area (Å²) in [6, 6.07) is 49.5. The average molecular weight is 518 g/mol. The molecule has 0 bridgehead atoms. The van der Waals surface area contributed by atoms with Gasteiger partial charge in [0.25, 0.3) is 0 Å². The number of hydrogen-bond donors (Lipinski definition) is 0. The van der Waals surface area contributed by atoms with Gasteiger partial charge in [0.05, 0.1) is 11.4 Å². The number of benzene rings is 6. The van der Waals surface area contributed by atoms with Crippen molar-refractivity contribution in [3.05, 3.63) is 140 Å². The summed E-state index contributed by atoms with van der Waals surface area (Å²) in [6.45, 7) is 0. The minimum Gasteiger partial charge on any atom is -0.453 e. The molecule has 0 atom stereocenters. The van der Waals surface area contributed by atoms with Gasteiger partial charge in [0.1, 0.15) is 0 Å². The molecule has 0 unspecified atom stereocenters. The van der Waals surface area contributed by atoms with E-state index in [4.69, 9.17) is 4.74 Å². The van der Waals surface area contributed by atoms with Crippen LogP contribution >= 0.6 is 11.3 Å². The van der Waals surface area contributed by atoms with Gasteiger partial charge in [0.2, 0.25) is 0 Å². The lowest BCUT2D eigenvalue weighted by molar-refractivity contribution is 0.477. The van der Waals surface area contributed by atoms with Crippen LogP contribution < -0.4 is 9.64 Å². The first-order valence-electron chi connectivity index (χ1n) is 13.1. The molecule has 0 amide bonds. The minimum atomic E-state index is 0.855. The van der Waals surface area contributed by atoms with E-state index in [1.165, 1.54) is 36.9 Å². The summed E-state index contributed by atoms with van der Waals surface area (Å²) in [7, 11) is 0. The Morgan fingerprint density at radius 2 is 1.08 bits per heavy atom. The van der Waals surface area contributed by atoms with Gasteiger partial charge >= 0.3 is 0 Å². The van der Waals surface area contributed by atoms with Crippen LogP contribution in [0.25, 0.3) is 42.4 Å². The van der Waals surface area contributed by atoms with Crippen LogP contribution in [0, 0.1) is 0 Å². The van der Waals surface area contributed by atoms with E-state index in [0.717, 1.165) is 34.1 Å². The summed E-state index contributed by atoms with van der Waals surface area (Å²) in [4.78, 5) is 2.29. The van der Waals surface area contributed by atoms with E-state index in [0.29, 0.717) is 0 Å². The Morgan fingerprint density at radius 1 is 0.436 bits per heavy atom. The molecule has 6 aromatic carbocycles. The SMILES string of the molecule is c1ccc(-c2ccc(N3c4ccccc4Oc4cc(-c5ccc6sc7ccccc7c6c5)ccc43)cc2)cc1. The molecule has 8 rings (SSSR count). The number of rotatable bonds is 3. The number of anilines is 3. The molecule has 0 N–H and O–H groups in total. The number of thiophene rings is 1. The monoisotopic (exact) mass is 517 g/mol. The summed E-state index contributed by atoms with van der Waals surface area (Å²) in [6.07, 6.45) is 0. The number of fused-ring (bicyclic) bond motifs is 5. The van der Waals surface area contributed by atoms with E-state index in [1.807, 2.05) is 29.5 Å². The van der Waals surface area contributed by atoms with Crippen LogP contribution in [0.2, 0.25) is 0 Å². The summed E-state index contributed by atoms with van der Waals surface area (Å²) in [5.74, 6) is 1.71. The highest BCUT2D eigenvalue weighted by Gasteiger charge is 2.26. The topological polar surface area (TPSA) is 12.5 Å². The molecule has 0 saturated heterocycles. The Labute approximate surface area is 231 Å². The third kappa shape index (κ3) is 3.70. The van der Waals surface area contributed by atoms with E-state index in [2.05, 4.69) is 126 Å². The van der Waals surface area contributed by atoms with Crippen LogP contribution in [-0.4, -0.2) is 0 Å². The summed E-state index contributed by atoms with van der Waals surface area (Å²) in [5.41, 5.74) is 7.92. The molecular formula is C36H23NOS. The fourth-order valence-electron chi connectivity index (χ4n) is 5.55. The Hall–Kier alpha value is -4.86. The van der Waals surface area contributed by atoms with Gasteiger partial charge in [0, 0.05) is 25.9 Å². The molecule has 1 aliphatic rings. The van der Waals surface area contributed by atoms with Gasteiger partial charge in [-0.1, -0.05) is 84.9 Å². The highest BCUT2D eigenvalue weighted by molar-refractivity contribution is 7.25. The second-order valence-electron chi connectivity index (χ2n) is 9.81. The second kappa shape index (κ2) is 8.87. The zero-order chi connectivity index (χ0) is 25.8. The van der Waals surface area contributed by atoms with Gasteiger partial charge in [0.15, 0.2) is 11.5 Å². The van der Waals surface area contributed by atoms with Crippen molar-refractivity contribution < 1.29 is 4.74 Å². The van der Waals surface area contributed by atoms with Crippen LogP contribution in [0.5, 0.6) is 11.5 Å². The molecule has 1 aromatic heterocycles. The zero-order valence-corrected chi connectivity index (χ0v) is 21.9. The molecule has 1 aliphatic heterocycles. The molecule has 0 aliphatic carbocycles. The molecule has 39 heavy (non-hydrogen) atoms. The van der Waals surface area contributed by atoms with Crippen molar-refractivity contribution in [3.8, 4) is 33.8 Å². The van der Waals surface area contributed by atoms with Gasteiger partial charge < -0.3 is 9.64 Å². The normalized spacial score (nSPS) is 12.3. The molecule has 184 valence electrons. The van der Waals surface area contributed by atoms with Gasteiger partial charge in [-0.3, -0.25) is 0 Å². The fourth-order valence-corrected chi connectivity index (χ4v) is 6.64. The Balaban J connectivity index is 1.23. The molecule has 3 heteroatoms. The Bertz CT molecular complexity index is 1990. The third-order valence-corrected chi connectivity index (χ3v) is 8.62. The van der Waals surface area contributed by atoms with Gasteiger partial charge in [-0.2, -0.15) is 0 Å². The number of para-hydroxylation sites is 2. The lowest BCUT2D eigenvalue weighted by Crippen LogP contribution is -2.15. The molecule has 2 nitrogen and oxygen atoms in total. The van der Waals surface area contributed by atoms with E-state index in [1.54, 1.807) is 0 Å². The smallest absolute Gasteiger partial charge is 0.152 e. The summed E-state index contributed by atoms with van der Waals surface area (Å²) >= 11 is 1.85. The van der Waals surface area contributed by atoms with Crippen LogP contribution in [0.15, 0.2) is 140 Å². The van der Waals surface area contributed by atoms with E-state index < -0.39 is 0 Å². The van der Waals surface area contributed by atoms with Crippen LogP contribution in [0.1, 0.15) is 0 Å². The zero-order valence-electron chi connectivity index (χ0n) is 21.0. The van der Waals surface area contributed by atoms with Gasteiger partial charge in [-0.15, -0.1) is 11.3 Å². The Morgan fingerprint density at radius 3 is 1.97 bits per heavy atom. The molecule has 0 spiro atoms. The van der Waals surface area contributed by atoms with Crippen LogP contribution in [0.4, 0.5) is 17.1 Å². The number of ether oxygens (including phenoxy) is 1. The van der Waals surface area contributed by atoms with E-state index >= 15 is 0 Å². The van der Waals surface area contributed by atoms with Gasteiger partial charge in [-0.25, -0.2) is 0 Å². The molecule has 0 saturated carbocycles.